The van der Waals surface area contributed by atoms with Crippen LogP contribution in [0.5, 0.6) is 0 Å². The van der Waals surface area contributed by atoms with Gasteiger partial charge >= 0.3 is 0 Å². The minimum atomic E-state index is 0.0249. The third-order valence-corrected chi connectivity index (χ3v) is 2.90. The van der Waals surface area contributed by atoms with E-state index < -0.39 is 0 Å². The van der Waals surface area contributed by atoms with E-state index in [0.29, 0.717) is 13.0 Å². The molecule has 0 aliphatic rings. The summed E-state index contributed by atoms with van der Waals surface area (Å²) >= 11 is 0. The quantitative estimate of drug-likeness (QED) is 0.740. The second kappa shape index (κ2) is 8.48. The molecule has 0 fully saturated rings. The second-order valence-electron chi connectivity index (χ2n) is 5.35. The third-order valence-electron chi connectivity index (χ3n) is 2.90. The van der Waals surface area contributed by atoms with E-state index in [2.05, 4.69) is 5.32 Å². The Hall–Kier alpha value is -1.68. The Morgan fingerprint density at radius 2 is 1.85 bits per heavy atom. The molecule has 0 saturated heterocycles. The lowest BCUT2D eigenvalue weighted by molar-refractivity contribution is -0.122. The number of carbonyl (C=O) groups is 2. The molecule has 1 aromatic rings. The molecule has 0 saturated carbocycles. The van der Waals surface area contributed by atoms with E-state index in [1.54, 1.807) is 0 Å². The summed E-state index contributed by atoms with van der Waals surface area (Å²) in [5.74, 6) is 0.183. The third kappa shape index (κ3) is 6.48. The summed E-state index contributed by atoms with van der Waals surface area (Å²) in [5, 5.41) is 2.85. The van der Waals surface area contributed by atoms with Gasteiger partial charge in [-0.2, -0.15) is 0 Å². The normalized spacial score (nSPS) is 10.8. The standard InChI is InChI=1S/C16H24N2O2/c1-13(2)17-16(20)12-18(3)11-7-10-15(19)14-8-5-4-6-9-14/h4-6,8-9,13H,7,10-12H2,1-3H3,(H,17,20). The number of hydrogen-bond acceptors (Lipinski definition) is 3. The molecule has 110 valence electrons. The van der Waals surface area contributed by atoms with E-state index in [-0.39, 0.29) is 17.7 Å². The summed E-state index contributed by atoms with van der Waals surface area (Å²) in [5.41, 5.74) is 0.757. The molecule has 1 amide bonds. The highest BCUT2D eigenvalue weighted by Gasteiger charge is 2.09. The Balaban J connectivity index is 2.23. The lowest BCUT2D eigenvalue weighted by Crippen LogP contribution is -2.38. The molecule has 0 bridgehead atoms. The number of likely N-dealkylation sites (N-methyl/N-ethyl adjacent to an activating group) is 1. The lowest BCUT2D eigenvalue weighted by atomic mass is 10.1. The zero-order chi connectivity index (χ0) is 15.0. The molecule has 0 unspecified atom stereocenters. The minimum absolute atomic E-state index is 0.0249. The van der Waals surface area contributed by atoms with Crippen LogP contribution in [0.4, 0.5) is 0 Å². The minimum Gasteiger partial charge on any atom is -0.353 e. The molecule has 0 aromatic heterocycles. The van der Waals surface area contributed by atoms with Crippen LogP contribution in [0, 0.1) is 0 Å². The summed E-state index contributed by atoms with van der Waals surface area (Å²) in [6.07, 6.45) is 1.28. The van der Waals surface area contributed by atoms with Gasteiger partial charge in [-0.3, -0.25) is 14.5 Å². The number of amides is 1. The summed E-state index contributed by atoms with van der Waals surface area (Å²) in [6.45, 7) is 4.99. The van der Waals surface area contributed by atoms with Crippen LogP contribution in [0.2, 0.25) is 0 Å². The van der Waals surface area contributed by atoms with Gasteiger partial charge in [0.2, 0.25) is 5.91 Å². The van der Waals surface area contributed by atoms with E-state index in [0.717, 1.165) is 18.5 Å². The monoisotopic (exact) mass is 276 g/mol. The Kier molecular flexibility index (Phi) is 6.94. The molecule has 0 aliphatic heterocycles. The fourth-order valence-electron chi connectivity index (χ4n) is 1.97. The largest absolute Gasteiger partial charge is 0.353 e. The summed E-state index contributed by atoms with van der Waals surface area (Å²) in [7, 11) is 1.90. The smallest absolute Gasteiger partial charge is 0.234 e. The first-order valence-corrected chi connectivity index (χ1v) is 7.05. The molecule has 0 heterocycles. The second-order valence-corrected chi connectivity index (χ2v) is 5.35. The van der Waals surface area contributed by atoms with Gasteiger partial charge in [-0.15, -0.1) is 0 Å². The first kappa shape index (κ1) is 16.4. The van der Waals surface area contributed by atoms with Crippen molar-refractivity contribution in [2.24, 2.45) is 0 Å². The Morgan fingerprint density at radius 3 is 2.45 bits per heavy atom. The van der Waals surface area contributed by atoms with Crippen molar-refractivity contribution in [2.75, 3.05) is 20.1 Å². The van der Waals surface area contributed by atoms with Crippen molar-refractivity contribution in [3.63, 3.8) is 0 Å². The van der Waals surface area contributed by atoms with Crippen LogP contribution in [0.3, 0.4) is 0 Å². The number of carbonyl (C=O) groups excluding carboxylic acids is 2. The van der Waals surface area contributed by atoms with Crippen molar-refractivity contribution < 1.29 is 9.59 Å². The number of Topliss-reactive ketones (excluding diaryl/α,β-unsaturated/α-hetero) is 1. The Labute approximate surface area is 121 Å². The first-order valence-electron chi connectivity index (χ1n) is 7.05. The lowest BCUT2D eigenvalue weighted by Gasteiger charge is -2.17. The van der Waals surface area contributed by atoms with Crippen molar-refractivity contribution in [1.82, 2.24) is 10.2 Å². The van der Waals surface area contributed by atoms with Crippen LogP contribution in [0.25, 0.3) is 0 Å². The predicted molar refractivity (Wildman–Crippen MR) is 80.8 cm³/mol. The molecule has 1 rings (SSSR count). The molecule has 1 aromatic carbocycles. The highest BCUT2D eigenvalue weighted by atomic mass is 16.2. The van der Waals surface area contributed by atoms with E-state index in [4.69, 9.17) is 0 Å². The van der Waals surface area contributed by atoms with E-state index in [1.165, 1.54) is 0 Å². The zero-order valence-electron chi connectivity index (χ0n) is 12.6. The number of nitrogens with one attached hydrogen (secondary N) is 1. The van der Waals surface area contributed by atoms with Crippen LogP contribution >= 0.6 is 0 Å². The van der Waals surface area contributed by atoms with E-state index in [1.807, 2.05) is 56.1 Å². The van der Waals surface area contributed by atoms with Crippen molar-refractivity contribution in [1.29, 1.82) is 0 Å². The van der Waals surface area contributed by atoms with Gasteiger partial charge in [-0.1, -0.05) is 30.3 Å². The molecule has 0 aliphatic carbocycles. The van der Waals surface area contributed by atoms with Gasteiger partial charge < -0.3 is 5.32 Å². The number of nitrogens with zero attached hydrogens (tertiary/aromatic N) is 1. The maximum absolute atomic E-state index is 11.9. The zero-order valence-corrected chi connectivity index (χ0v) is 12.6. The van der Waals surface area contributed by atoms with Gasteiger partial charge in [0.25, 0.3) is 0 Å². The highest BCUT2D eigenvalue weighted by molar-refractivity contribution is 5.95. The van der Waals surface area contributed by atoms with Gasteiger partial charge in [0.1, 0.15) is 0 Å². The molecular weight excluding hydrogens is 252 g/mol. The maximum atomic E-state index is 11.9. The Bertz CT molecular complexity index is 429. The van der Waals surface area contributed by atoms with E-state index in [9.17, 15) is 9.59 Å². The summed E-state index contributed by atoms with van der Waals surface area (Å²) in [4.78, 5) is 25.4. The average molecular weight is 276 g/mol. The summed E-state index contributed by atoms with van der Waals surface area (Å²) in [6, 6.07) is 9.48. The van der Waals surface area contributed by atoms with Crippen molar-refractivity contribution in [3.8, 4) is 0 Å². The van der Waals surface area contributed by atoms with Gasteiger partial charge in [-0.25, -0.2) is 0 Å². The van der Waals surface area contributed by atoms with Gasteiger partial charge in [-0.05, 0) is 33.9 Å². The highest BCUT2D eigenvalue weighted by Crippen LogP contribution is 2.05. The molecule has 4 heteroatoms. The molecule has 0 atom stereocenters. The van der Waals surface area contributed by atoms with Crippen LogP contribution in [0.15, 0.2) is 30.3 Å². The summed E-state index contributed by atoms with van der Waals surface area (Å²) < 4.78 is 0. The van der Waals surface area contributed by atoms with Gasteiger partial charge in [0.15, 0.2) is 5.78 Å². The van der Waals surface area contributed by atoms with Crippen molar-refractivity contribution in [3.05, 3.63) is 35.9 Å². The topological polar surface area (TPSA) is 49.4 Å². The number of ketones is 1. The molecule has 4 nitrogen and oxygen atoms in total. The number of rotatable bonds is 8. The van der Waals surface area contributed by atoms with E-state index >= 15 is 0 Å². The fraction of sp³-hybridized carbons (Fsp3) is 0.500. The number of benzene rings is 1. The van der Waals surface area contributed by atoms with Crippen LogP contribution in [-0.2, 0) is 4.79 Å². The average Bonchev–Trinajstić information content (AvgIpc) is 2.38. The molecular formula is C16H24N2O2. The fourth-order valence-corrected chi connectivity index (χ4v) is 1.97. The van der Waals surface area contributed by atoms with Gasteiger partial charge in [0.05, 0.1) is 6.54 Å². The first-order chi connectivity index (χ1) is 9.49. The molecule has 20 heavy (non-hydrogen) atoms. The predicted octanol–water partition coefficient (Wildman–Crippen LogP) is 2.11. The maximum Gasteiger partial charge on any atom is 0.234 e. The van der Waals surface area contributed by atoms with Crippen LogP contribution in [-0.4, -0.2) is 42.8 Å². The van der Waals surface area contributed by atoms with Crippen molar-refractivity contribution in [2.45, 2.75) is 32.7 Å². The van der Waals surface area contributed by atoms with Gasteiger partial charge in [0, 0.05) is 18.0 Å². The SMILES string of the molecule is CC(C)NC(=O)CN(C)CCCC(=O)c1ccccc1. The van der Waals surface area contributed by atoms with Crippen molar-refractivity contribution >= 4 is 11.7 Å². The van der Waals surface area contributed by atoms with Crippen LogP contribution < -0.4 is 5.32 Å². The number of hydrogen-bond donors (Lipinski definition) is 1. The molecule has 0 radical (unpaired) electrons. The molecule has 1 N–H and O–H groups in total. The van der Waals surface area contributed by atoms with Crippen LogP contribution in [0.1, 0.15) is 37.0 Å². The molecule has 0 spiro atoms. The Morgan fingerprint density at radius 1 is 1.20 bits per heavy atom.